The van der Waals surface area contributed by atoms with Crippen LogP contribution in [0.3, 0.4) is 0 Å². The van der Waals surface area contributed by atoms with E-state index in [4.69, 9.17) is 5.73 Å². The van der Waals surface area contributed by atoms with Crippen molar-refractivity contribution >= 4 is 24.4 Å². The van der Waals surface area contributed by atoms with Gasteiger partial charge in [-0.15, -0.1) is 34.6 Å². The van der Waals surface area contributed by atoms with Gasteiger partial charge in [0.1, 0.15) is 0 Å². The highest BCUT2D eigenvalue weighted by molar-refractivity contribution is 7.99. The van der Waals surface area contributed by atoms with Crippen LogP contribution >= 0.6 is 24.4 Å². The van der Waals surface area contributed by atoms with Crippen molar-refractivity contribution in [2.45, 2.75) is 9.79 Å². The zero-order valence-corrected chi connectivity index (χ0v) is 13.6. The molecule has 4 N–H and O–H groups in total. The average Bonchev–Trinajstić information content (AvgIpc) is 3.08. The van der Waals surface area contributed by atoms with E-state index in [1.165, 1.54) is 6.20 Å². The third-order valence-corrected chi connectivity index (χ3v) is 4.78. The maximum Gasteiger partial charge on any atom is 0.344 e. The number of aromatic amines is 2. The number of aromatic nitrogens is 6. The molecular formula is C13H13N7OS2. The van der Waals surface area contributed by atoms with E-state index in [1.54, 1.807) is 18.0 Å². The number of hydrogen-bond donors (Lipinski definition) is 4. The molecule has 0 spiro atoms. The van der Waals surface area contributed by atoms with E-state index >= 15 is 0 Å². The summed E-state index contributed by atoms with van der Waals surface area (Å²) in [7, 11) is 0. The third kappa shape index (κ3) is 3.28. The van der Waals surface area contributed by atoms with Crippen molar-refractivity contribution < 1.29 is 0 Å². The summed E-state index contributed by atoms with van der Waals surface area (Å²) < 4.78 is 0. The van der Waals surface area contributed by atoms with Gasteiger partial charge in [0, 0.05) is 45.6 Å². The summed E-state index contributed by atoms with van der Waals surface area (Å²) in [6.07, 6.45) is 3.09. The molecule has 0 unspecified atom stereocenters. The van der Waals surface area contributed by atoms with Crippen molar-refractivity contribution in [1.29, 1.82) is 0 Å². The second-order valence-electron chi connectivity index (χ2n) is 4.51. The second-order valence-corrected chi connectivity index (χ2v) is 6.10. The van der Waals surface area contributed by atoms with E-state index in [2.05, 4.69) is 43.2 Å². The number of thiol groups is 1. The molecule has 0 bridgehead atoms. The molecule has 0 amide bonds. The summed E-state index contributed by atoms with van der Waals surface area (Å²) in [6, 6.07) is 3.87. The Hall–Kier alpha value is -2.17. The molecule has 0 saturated heterocycles. The van der Waals surface area contributed by atoms with E-state index in [0.29, 0.717) is 12.4 Å². The number of tetrazole rings is 1. The molecule has 0 aliphatic rings. The van der Waals surface area contributed by atoms with E-state index in [1.807, 2.05) is 12.1 Å². The van der Waals surface area contributed by atoms with Crippen LogP contribution in [0, 0.1) is 0 Å². The second kappa shape index (κ2) is 6.94. The van der Waals surface area contributed by atoms with Crippen LogP contribution in [0.5, 0.6) is 0 Å². The smallest absolute Gasteiger partial charge is 0.330 e. The molecule has 8 nitrogen and oxygen atoms in total. The van der Waals surface area contributed by atoms with Gasteiger partial charge in [-0.3, -0.25) is 0 Å². The lowest BCUT2D eigenvalue weighted by Crippen LogP contribution is -2.08. The Labute approximate surface area is 140 Å². The van der Waals surface area contributed by atoms with Gasteiger partial charge in [0.05, 0.1) is 0 Å². The summed E-state index contributed by atoms with van der Waals surface area (Å²) in [5.74, 6) is 1.20. The number of hydrogen-bond acceptors (Lipinski definition) is 8. The van der Waals surface area contributed by atoms with E-state index in [0.717, 1.165) is 32.2 Å². The number of nitrogens with zero attached hydrogens (tertiary/aromatic N) is 4. The van der Waals surface area contributed by atoms with Crippen LogP contribution in [0.2, 0.25) is 0 Å². The van der Waals surface area contributed by atoms with Crippen molar-refractivity contribution in [3.05, 3.63) is 35.0 Å². The Morgan fingerprint density at radius 1 is 1.35 bits per heavy atom. The van der Waals surface area contributed by atoms with Crippen molar-refractivity contribution in [2.75, 3.05) is 12.3 Å². The normalized spacial score (nSPS) is 10.9. The van der Waals surface area contributed by atoms with Gasteiger partial charge in [0.2, 0.25) is 5.82 Å². The predicted molar refractivity (Wildman–Crippen MR) is 90.5 cm³/mol. The van der Waals surface area contributed by atoms with Crippen LogP contribution in [-0.2, 0) is 0 Å². The van der Waals surface area contributed by atoms with Gasteiger partial charge in [0.25, 0.3) is 0 Å². The fourth-order valence-corrected chi connectivity index (χ4v) is 3.31. The molecule has 0 aliphatic heterocycles. The minimum atomic E-state index is -0.406. The van der Waals surface area contributed by atoms with Gasteiger partial charge in [-0.1, -0.05) is 6.07 Å². The Kier molecular flexibility index (Phi) is 4.74. The largest absolute Gasteiger partial charge is 0.344 e. The highest BCUT2D eigenvalue weighted by atomic mass is 32.2. The van der Waals surface area contributed by atoms with Crippen molar-refractivity contribution in [3.63, 3.8) is 0 Å². The first kappa shape index (κ1) is 15.7. The zero-order valence-electron chi connectivity index (χ0n) is 11.9. The highest BCUT2D eigenvalue weighted by Crippen LogP contribution is 2.39. The quantitative estimate of drug-likeness (QED) is 0.400. The first-order chi connectivity index (χ1) is 11.2. The van der Waals surface area contributed by atoms with Crippen LogP contribution in [0.25, 0.3) is 22.5 Å². The number of nitrogens with one attached hydrogen (secondary N) is 2. The lowest BCUT2D eigenvalue weighted by molar-refractivity contribution is 0.881. The number of rotatable bonds is 5. The van der Waals surface area contributed by atoms with Crippen molar-refractivity contribution in [2.24, 2.45) is 5.73 Å². The predicted octanol–water partition coefficient (Wildman–Crippen LogP) is 0.956. The van der Waals surface area contributed by atoms with Crippen LogP contribution in [0.15, 0.2) is 39.1 Å². The highest BCUT2D eigenvalue weighted by Gasteiger charge is 2.18. The lowest BCUT2D eigenvalue weighted by Gasteiger charge is -2.13. The molecule has 0 fully saturated rings. The molecule has 0 atom stereocenters. The van der Waals surface area contributed by atoms with Gasteiger partial charge >= 0.3 is 5.69 Å². The molecule has 2 aromatic heterocycles. The Balaban J connectivity index is 2.17. The first-order valence-corrected chi connectivity index (χ1v) is 8.11. The van der Waals surface area contributed by atoms with Crippen LogP contribution in [0.4, 0.5) is 0 Å². The number of benzene rings is 1. The van der Waals surface area contributed by atoms with Crippen LogP contribution in [0.1, 0.15) is 0 Å². The first-order valence-electron chi connectivity index (χ1n) is 6.68. The molecular weight excluding hydrogens is 334 g/mol. The number of nitrogens with two attached hydrogens (primary N) is 1. The maximum absolute atomic E-state index is 11.2. The van der Waals surface area contributed by atoms with Crippen molar-refractivity contribution in [3.8, 4) is 22.5 Å². The standard InChI is InChI=1S/C13H13N7OS2/c14-3-4-23-9-2-1-8(7-5-15-13(21)16-6-7)10(11(9)22)12-17-19-20-18-12/h1-2,5-6,22H,3-4,14H2,(H,15,16,21)(H,17,18,19,20). The Bertz CT molecular complexity index is 843. The molecule has 118 valence electrons. The molecule has 23 heavy (non-hydrogen) atoms. The van der Waals surface area contributed by atoms with E-state index < -0.39 is 5.69 Å². The van der Waals surface area contributed by atoms with Gasteiger partial charge in [-0.2, -0.15) is 5.21 Å². The third-order valence-electron chi connectivity index (χ3n) is 3.07. The van der Waals surface area contributed by atoms with E-state index in [-0.39, 0.29) is 0 Å². The van der Waals surface area contributed by atoms with Crippen molar-refractivity contribution in [1.82, 2.24) is 30.6 Å². The van der Waals surface area contributed by atoms with E-state index in [9.17, 15) is 4.79 Å². The minimum Gasteiger partial charge on any atom is -0.330 e. The molecule has 3 aromatic rings. The fourth-order valence-electron chi connectivity index (χ4n) is 2.08. The monoisotopic (exact) mass is 347 g/mol. The van der Waals surface area contributed by atoms with Gasteiger partial charge in [-0.05, 0) is 16.8 Å². The molecule has 1 aromatic carbocycles. The van der Waals surface area contributed by atoms with Gasteiger partial charge in [0.15, 0.2) is 0 Å². The van der Waals surface area contributed by atoms with Crippen LogP contribution < -0.4 is 11.4 Å². The Morgan fingerprint density at radius 2 is 2.22 bits per heavy atom. The van der Waals surface area contributed by atoms with Crippen LogP contribution in [-0.4, -0.2) is 42.9 Å². The molecule has 10 heteroatoms. The summed E-state index contributed by atoms with van der Waals surface area (Å²) in [5, 5.41) is 14.2. The van der Waals surface area contributed by atoms with Gasteiger partial charge in [-0.25, -0.2) is 9.78 Å². The topological polar surface area (TPSA) is 126 Å². The number of H-pyrrole nitrogens is 2. The molecule has 0 saturated carbocycles. The lowest BCUT2D eigenvalue weighted by atomic mass is 10.0. The molecule has 2 heterocycles. The SMILES string of the molecule is NCCSc1ccc(-c2cnc(=O)[nH]c2)c(-c2nn[nH]n2)c1S. The molecule has 0 aliphatic carbocycles. The summed E-state index contributed by atoms with van der Waals surface area (Å²) in [4.78, 5) is 19.2. The zero-order chi connectivity index (χ0) is 16.2. The van der Waals surface area contributed by atoms with Gasteiger partial charge < -0.3 is 10.7 Å². The summed E-state index contributed by atoms with van der Waals surface area (Å²) >= 11 is 6.24. The summed E-state index contributed by atoms with van der Waals surface area (Å²) in [6.45, 7) is 0.570. The summed E-state index contributed by atoms with van der Waals surface area (Å²) in [5.41, 5.74) is 7.42. The Morgan fingerprint density at radius 3 is 2.87 bits per heavy atom. The minimum absolute atomic E-state index is 0.406. The molecule has 3 rings (SSSR count). The number of thioether (sulfide) groups is 1. The average molecular weight is 347 g/mol. The maximum atomic E-state index is 11.2. The molecule has 0 radical (unpaired) electrons. The fraction of sp³-hybridized carbons (Fsp3) is 0.154.